The van der Waals surface area contributed by atoms with E-state index in [0.29, 0.717) is 38.2 Å². The molecule has 8 nitrogen and oxygen atoms in total. The highest BCUT2D eigenvalue weighted by Gasteiger charge is 2.19. The van der Waals surface area contributed by atoms with E-state index in [9.17, 15) is 4.79 Å². The maximum absolute atomic E-state index is 12.6. The molecule has 0 aliphatic carbocycles. The van der Waals surface area contributed by atoms with E-state index >= 15 is 0 Å². The minimum Gasteiger partial charge on any atom is -0.493 e. The highest BCUT2D eigenvalue weighted by molar-refractivity contribution is 7.99. The number of halogens is 2. The number of methoxy groups -OCH3 is 2. The summed E-state index contributed by atoms with van der Waals surface area (Å²) >= 11 is 13.3. The average molecular weight is 556 g/mol. The largest absolute Gasteiger partial charge is 0.493 e. The highest BCUT2D eigenvalue weighted by Crippen LogP contribution is 2.34. The van der Waals surface area contributed by atoms with Gasteiger partial charge in [-0.3, -0.25) is 9.36 Å². The molecule has 0 saturated heterocycles. The minimum atomic E-state index is -0.292. The molecule has 0 fully saturated rings. The molecule has 0 unspecified atom stereocenters. The van der Waals surface area contributed by atoms with Gasteiger partial charge in [-0.15, -0.1) is 10.2 Å². The third-order valence-electron chi connectivity index (χ3n) is 5.31. The number of nitrogens with zero attached hydrogens (tertiary/aromatic N) is 4. The van der Waals surface area contributed by atoms with Gasteiger partial charge in [0.05, 0.1) is 35.7 Å². The predicted octanol–water partition coefficient (Wildman–Crippen LogP) is 5.89. The first kappa shape index (κ1) is 26.5. The van der Waals surface area contributed by atoms with Crippen molar-refractivity contribution in [2.75, 3.05) is 20.0 Å². The van der Waals surface area contributed by atoms with Crippen LogP contribution in [0.15, 0.2) is 77.0 Å². The van der Waals surface area contributed by atoms with E-state index in [1.54, 1.807) is 39.3 Å². The van der Waals surface area contributed by atoms with Crippen molar-refractivity contribution in [2.45, 2.75) is 12.1 Å². The smallest absolute Gasteiger partial charge is 0.250 e. The summed E-state index contributed by atoms with van der Waals surface area (Å²) in [5.74, 6) is 1.57. The Morgan fingerprint density at radius 3 is 2.43 bits per heavy atom. The number of hydrogen-bond acceptors (Lipinski definition) is 7. The van der Waals surface area contributed by atoms with E-state index in [-0.39, 0.29) is 11.7 Å². The van der Waals surface area contributed by atoms with Crippen molar-refractivity contribution in [3.05, 3.63) is 82.3 Å². The van der Waals surface area contributed by atoms with Crippen molar-refractivity contribution >= 4 is 46.6 Å². The average Bonchev–Trinajstić information content (AvgIpc) is 3.36. The van der Waals surface area contributed by atoms with Gasteiger partial charge in [-0.05, 0) is 55.0 Å². The summed E-state index contributed by atoms with van der Waals surface area (Å²) < 4.78 is 12.7. The second-order valence-electron chi connectivity index (χ2n) is 7.70. The molecule has 3 aromatic carbocycles. The molecule has 11 heteroatoms. The topological polar surface area (TPSA) is 90.6 Å². The Labute approximate surface area is 228 Å². The highest BCUT2D eigenvalue weighted by atomic mass is 35.5. The molecule has 0 spiro atoms. The number of amides is 1. The molecule has 0 radical (unpaired) electrons. The summed E-state index contributed by atoms with van der Waals surface area (Å²) in [6.45, 7) is 1.77. The summed E-state index contributed by atoms with van der Waals surface area (Å²) in [7, 11) is 3.16. The van der Waals surface area contributed by atoms with Crippen LogP contribution in [0.25, 0.3) is 17.1 Å². The van der Waals surface area contributed by atoms with Crippen molar-refractivity contribution < 1.29 is 14.3 Å². The first-order valence-electron chi connectivity index (χ1n) is 11.1. The second-order valence-corrected chi connectivity index (χ2v) is 9.45. The molecule has 4 rings (SSSR count). The number of carbonyl (C=O) groups excluding carboxylic acids is 1. The number of thioether (sulfide) groups is 1. The lowest BCUT2D eigenvalue weighted by Gasteiger charge is -2.12. The Bertz CT molecular complexity index is 1440. The number of aromatic nitrogens is 3. The molecule has 1 aromatic heterocycles. The first-order chi connectivity index (χ1) is 17.9. The molecular weight excluding hydrogens is 533 g/mol. The molecule has 4 aromatic rings. The van der Waals surface area contributed by atoms with Crippen LogP contribution in [0.4, 0.5) is 0 Å². The number of para-hydroxylation sites is 1. The molecule has 1 heterocycles. The van der Waals surface area contributed by atoms with Crippen LogP contribution in [0.5, 0.6) is 11.5 Å². The van der Waals surface area contributed by atoms with Crippen LogP contribution in [0.3, 0.4) is 0 Å². The number of benzene rings is 3. The second kappa shape index (κ2) is 12.1. The van der Waals surface area contributed by atoms with E-state index in [4.69, 9.17) is 32.7 Å². The van der Waals surface area contributed by atoms with Crippen molar-refractivity contribution in [1.29, 1.82) is 0 Å². The summed E-state index contributed by atoms with van der Waals surface area (Å²) in [5, 5.41) is 14.4. The Morgan fingerprint density at radius 2 is 1.73 bits per heavy atom. The van der Waals surface area contributed by atoms with Crippen LogP contribution >= 0.6 is 35.0 Å². The van der Waals surface area contributed by atoms with E-state index in [2.05, 4.69) is 20.7 Å². The van der Waals surface area contributed by atoms with Crippen LogP contribution in [0.1, 0.15) is 12.5 Å². The fourth-order valence-electron chi connectivity index (χ4n) is 3.43. The van der Waals surface area contributed by atoms with Crippen molar-refractivity contribution in [1.82, 2.24) is 20.2 Å². The van der Waals surface area contributed by atoms with Crippen molar-refractivity contribution in [3.8, 4) is 28.6 Å². The lowest BCUT2D eigenvalue weighted by atomic mass is 10.1. The molecular formula is C26H23Cl2N5O3S. The Hall–Kier alpha value is -3.53. The van der Waals surface area contributed by atoms with E-state index in [1.165, 1.54) is 11.8 Å². The number of hydrazone groups is 1. The van der Waals surface area contributed by atoms with Gasteiger partial charge < -0.3 is 9.47 Å². The zero-order chi connectivity index (χ0) is 26.4. The molecule has 0 atom stereocenters. The summed E-state index contributed by atoms with van der Waals surface area (Å²) in [4.78, 5) is 12.6. The number of rotatable bonds is 9. The fraction of sp³-hybridized carbons (Fsp3) is 0.154. The predicted molar refractivity (Wildman–Crippen MR) is 147 cm³/mol. The monoisotopic (exact) mass is 555 g/mol. The molecule has 1 amide bonds. The van der Waals surface area contributed by atoms with Gasteiger partial charge in [0.15, 0.2) is 22.5 Å². The Kier molecular flexibility index (Phi) is 8.70. The Balaban J connectivity index is 1.55. The van der Waals surface area contributed by atoms with Gasteiger partial charge in [0, 0.05) is 11.3 Å². The summed E-state index contributed by atoms with van der Waals surface area (Å²) in [6, 6.07) is 20.4. The lowest BCUT2D eigenvalue weighted by Crippen LogP contribution is -2.21. The van der Waals surface area contributed by atoms with Crippen LogP contribution in [0.2, 0.25) is 10.0 Å². The molecule has 190 valence electrons. The lowest BCUT2D eigenvalue weighted by molar-refractivity contribution is -0.118. The molecule has 0 aliphatic rings. The van der Waals surface area contributed by atoms with Gasteiger partial charge in [0.1, 0.15) is 0 Å². The molecule has 37 heavy (non-hydrogen) atoms. The van der Waals surface area contributed by atoms with Gasteiger partial charge in [-0.25, -0.2) is 5.43 Å². The summed E-state index contributed by atoms with van der Waals surface area (Å²) in [5.41, 5.74) is 5.57. The minimum absolute atomic E-state index is 0.0784. The standard InChI is InChI=1S/C26H23Cl2N5O3S/c1-16(17-9-11-20(27)21(28)13-17)29-30-24(34)15-37-26-32-31-25(33(26)19-7-5-4-6-8-19)18-10-12-22(35-2)23(14-18)36-3/h4-14H,15H2,1-3H3,(H,30,34). The van der Waals surface area contributed by atoms with E-state index in [1.807, 2.05) is 53.1 Å². The van der Waals surface area contributed by atoms with Crippen LogP contribution in [-0.4, -0.2) is 46.4 Å². The zero-order valence-electron chi connectivity index (χ0n) is 20.2. The first-order valence-corrected chi connectivity index (χ1v) is 12.8. The normalized spacial score (nSPS) is 11.3. The molecule has 0 bridgehead atoms. The maximum atomic E-state index is 12.6. The van der Waals surface area contributed by atoms with Gasteiger partial charge in [-0.2, -0.15) is 5.10 Å². The van der Waals surface area contributed by atoms with Gasteiger partial charge in [-0.1, -0.05) is 59.2 Å². The van der Waals surface area contributed by atoms with Crippen LogP contribution in [-0.2, 0) is 4.79 Å². The van der Waals surface area contributed by atoms with E-state index < -0.39 is 0 Å². The van der Waals surface area contributed by atoms with Crippen molar-refractivity contribution in [2.24, 2.45) is 5.10 Å². The SMILES string of the molecule is COc1ccc(-c2nnc(SCC(=O)NN=C(C)c3ccc(Cl)c(Cl)c3)n2-c2ccccc2)cc1OC. The third-order valence-corrected chi connectivity index (χ3v) is 6.98. The summed E-state index contributed by atoms with van der Waals surface area (Å²) in [6.07, 6.45) is 0. The quantitative estimate of drug-likeness (QED) is 0.157. The number of ether oxygens (including phenoxy) is 2. The third kappa shape index (κ3) is 6.25. The van der Waals surface area contributed by atoms with Gasteiger partial charge >= 0.3 is 0 Å². The van der Waals surface area contributed by atoms with Crippen LogP contribution < -0.4 is 14.9 Å². The fourth-order valence-corrected chi connectivity index (χ4v) is 4.47. The molecule has 1 N–H and O–H groups in total. The van der Waals surface area contributed by atoms with Crippen molar-refractivity contribution in [3.63, 3.8) is 0 Å². The maximum Gasteiger partial charge on any atom is 0.250 e. The zero-order valence-corrected chi connectivity index (χ0v) is 22.6. The number of carbonyl (C=O) groups is 1. The van der Waals surface area contributed by atoms with E-state index in [0.717, 1.165) is 16.8 Å². The number of nitrogens with one attached hydrogen (secondary N) is 1. The van der Waals surface area contributed by atoms with Gasteiger partial charge in [0.2, 0.25) is 0 Å². The van der Waals surface area contributed by atoms with Crippen LogP contribution in [0, 0.1) is 0 Å². The Morgan fingerprint density at radius 1 is 0.973 bits per heavy atom. The molecule has 0 aliphatic heterocycles. The molecule has 0 saturated carbocycles. The number of hydrogen-bond donors (Lipinski definition) is 1. The van der Waals surface area contributed by atoms with Gasteiger partial charge in [0.25, 0.3) is 5.91 Å².